The summed E-state index contributed by atoms with van der Waals surface area (Å²) in [4.78, 5) is 20.7. The van der Waals surface area contributed by atoms with Gasteiger partial charge in [-0.2, -0.15) is 0 Å². The molecule has 8 nitrogen and oxygen atoms in total. The van der Waals surface area contributed by atoms with Crippen LogP contribution in [-0.2, 0) is 27.7 Å². The predicted molar refractivity (Wildman–Crippen MR) is 74.1 cm³/mol. The third-order valence-corrected chi connectivity index (χ3v) is 3.81. The summed E-state index contributed by atoms with van der Waals surface area (Å²) in [6, 6.07) is 0. The zero-order chi connectivity index (χ0) is 16.1. The van der Waals surface area contributed by atoms with Crippen molar-refractivity contribution in [1.82, 2.24) is 0 Å². The van der Waals surface area contributed by atoms with Gasteiger partial charge in [0.25, 0.3) is 0 Å². The van der Waals surface area contributed by atoms with Crippen LogP contribution in [0, 0.1) is 0 Å². The van der Waals surface area contributed by atoms with Gasteiger partial charge in [0.2, 0.25) is 0 Å². The Morgan fingerprint density at radius 1 is 0.857 bits per heavy atom. The summed E-state index contributed by atoms with van der Waals surface area (Å²) in [7, 11) is -3.75. The van der Waals surface area contributed by atoms with Crippen LogP contribution in [0.3, 0.4) is 0 Å². The van der Waals surface area contributed by atoms with E-state index in [1.807, 2.05) is 6.92 Å². The third-order valence-electron chi connectivity index (χ3n) is 2.32. The smallest absolute Gasteiger partial charge is 0.474 e. The molecule has 0 amide bonds. The summed E-state index contributed by atoms with van der Waals surface area (Å²) in [5, 5.41) is 17.0. The summed E-state index contributed by atoms with van der Waals surface area (Å²) < 4.78 is 27.4. The molecule has 21 heavy (non-hydrogen) atoms. The van der Waals surface area contributed by atoms with Crippen LogP contribution in [0.5, 0.6) is 0 Å². The average Bonchev–Trinajstić information content (AvgIpc) is 2.40. The number of phosphoric ester groups is 1. The first-order chi connectivity index (χ1) is 9.89. The summed E-state index contributed by atoms with van der Waals surface area (Å²) >= 11 is 0. The molecule has 124 valence electrons. The average molecular weight is 326 g/mol. The third kappa shape index (κ3) is 12.5. The molecule has 0 spiro atoms. The van der Waals surface area contributed by atoms with Crippen molar-refractivity contribution in [2.75, 3.05) is 19.8 Å². The van der Waals surface area contributed by atoms with Crippen molar-refractivity contribution in [3.63, 3.8) is 0 Å². The number of unbranched alkanes of at least 4 members (excludes halogenated alkanes) is 1. The molecule has 0 aromatic carbocycles. The van der Waals surface area contributed by atoms with Gasteiger partial charge in [0, 0.05) is 12.8 Å². The van der Waals surface area contributed by atoms with Gasteiger partial charge in [0.05, 0.1) is 19.8 Å². The van der Waals surface area contributed by atoms with E-state index in [0.717, 1.165) is 6.42 Å². The fraction of sp³-hybridized carbons (Fsp3) is 0.833. The van der Waals surface area contributed by atoms with E-state index >= 15 is 0 Å². The Hall–Kier alpha value is -0.950. The standard InChI is InChI=1S/C12H23O8P/c1-2-3-8-18-21(17,19-9-4-6-11(13)14)20-10-5-7-12(15)16/h2-10H2,1H3,(H,13,14)(H,15,16). The minimum Gasteiger partial charge on any atom is -0.481 e. The lowest BCUT2D eigenvalue weighted by Crippen LogP contribution is -2.06. The fourth-order valence-corrected chi connectivity index (χ4v) is 2.51. The number of hydrogen-bond donors (Lipinski definition) is 2. The number of aliphatic carboxylic acids is 2. The highest BCUT2D eigenvalue weighted by Crippen LogP contribution is 2.49. The van der Waals surface area contributed by atoms with Gasteiger partial charge in [-0.25, -0.2) is 4.57 Å². The molecule has 2 N–H and O–H groups in total. The van der Waals surface area contributed by atoms with Crippen molar-refractivity contribution in [2.45, 2.75) is 45.4 Å². The van der Waals surface area contributed by atoms with Crippen molar-refractivity contribution < 1.29 is 37.9 Å². The van der Waals surface area contributed by atoms with Crippen LogP contribution in [0.2, 0.25) is 0 Å². The summed E-state index contributed by atoms with van der Waals surface area (Å²) in [5.41, 5.74) is 0. The lowest BCUT2D eigenvalue weighted by atomic mass is 10.3. The molecule has 0 unspecified atom stereocenters. The molecule has 0 fully saturated rings. The quantitative estimate of drug-likeness (QED) is 0.369. The second-order valence-corrected chi connectivity index (χ2v) is 5.96. The molecule has 0 rings (SSSR count). The molecule has 0 aliphatic heterocycles. The molecule has 0 saturated heterocycles. The maximum absolute atomic E-state index is 12.2. The van der Waals surface area contributed by atoms with Crippen molar-refractivity contribution in [3.05, 3.63) is 0 Å². The molecule has 0 bridgehead atoms. The lowest BCUT2D eigenvalue weighted by molar-refractivity contribution is -0.138. The summed E-state index contributed by atoms with van der Waals surface area (Å²) in [5.74, 6) is -1.94. The van der Waals surface area contributed by atoms with E-state index in [-0.39, 0.29) is 45.5 Å². The molecule has 9 heteroatoms. The van der Waals surface area contributed by atoms with Crippen LogP contribution in [0.25, 0.3) is 0 Å². The van der Waals surface area contributed by atoms with E-state index in [1.54, 1.807) is 0 Å². The van der Waals surface area contributed by atoms with Gasteiger partial charge in [-0.3, -0.25) is 23.2 Å². The van der Waals surface area contributed by atoms with E-state index in [4.69, 9.17) is 23.8 Å². The number of hydrogen-bond acceptors (Lipinski definition) is 6. The van der Waals surface area contributed by atoms with Crippen LogP contribution >= 0.6 is 7.82 Å². The highest BCUT2D eigenvalue weighted by Gasteiger charge is 2.26. The second-order valence-electron chi connectivity index (χ2n) is 4.30. The van der Waals surface area contributed by atoms with Gasteiger partial charge in [0.15, 0.2) is 0 Å². The van der Waals surface area contributed by atoms with Crippen LogP contribution < -0.4 is 0 Å². The van der Waals surface area contributed by atoms with Gasteiger partial charge in [0.1, 0.15) is 0 Å². The zero-order valence-corrected chi connectivity index (χ0v) is 13.0. The maximum Gasteiger partial charge on any atom is 0.474 e. The SMILES string of the molecule is CCCCOP(=O)(OCCCC(=O)O)OCCCC(=O)O. The van der Waals surface area contributed by atoms with Gasteiger partial charge in [-0.15, -0.1) is 0 Å². The molecule has 0 heterocycles. The normalized spacial score (nSPS) is 11.5. The molecule has 0 aromatic heterocycles. The molecule has 0 aromatic rings. The first-order valence-electron chi connectivity index (χ1n) is 6.87. The van der Waals surface area contributed by atoms with Gasteiger partial charge >= 0.3 is 19.8 Å². The van der Waals surface area contributed by atoms with Crippen molar-refractivity contribution >= 4 is 19.8 Å². The van der Waals surface area contributed by atoms with Gasteiger partial charge in [-0.1, -0.05) is 13.3 Å². The molecule has 0 aliphatic rings. The Balaban J connectivity index is 4.16. The first-order valence-corrected chi connectivity index (χ1v) is 8.33. The van der Waals surface area contributed by atoms with Gasteiger partial charge in [-0.05, 0) is 19.3 Å². The Morgan fingerprint density at radius 2 is 1.24 bits per heavy atom. The molecule has 0 radical (unpaired) electrons. The van der Waals surface area contributed by atoms with E-state index < -0.39 is 19.8 Å². The molecule has 0 aliphatic carbocycles. The Labute approximate surface area is 124 Å². The van der Waals surface area contributed by atoms with Crippen LogP contribution in [0.4, 0.5) is 0 Å². The van der Waals surface area contributed by atoms with Crippen LogP contribution in [-0.4, -0.2) is 42.0 Å². The van der Waals surface area contributed by atoms with E-state index in [0.29, 0.717) is 6.42 Å². The number of phosphoric acid groups is 1. The Morgan fingerprint density at radius 3 is 1.57 bits per heavy atom. The van der Waals surface area contributed by atoms with Crippen molar-refractivity contribution in [1.29, 1.82) is 0 Å². The van der Waals surface area contributed by atoms with E-state index in [1.165, 1.54) is 0 Å². The minimum atomic E-state index is -3.75. The first kappa shape index (κ1) is 20.1. The van der Waals surface area contributed by atoms with Gasteiger partial charge < -0.3 is 10.2 Å². The number of carbonyl (C=O) groups is 2. The van der Waals surface area contributed by atoms with Crippen molar-refractivity contribution in [3.8, 4) is 0 Å². The van der Waals surface area contributed by atoms with E-state index in [2.05, 4.69) is 0 Å². The van der Waals surface area contributed by atoms with E-state index in [9.17, 15) is 14.2 Å². The minimum absolute atomic E-state index is 0.0609. The number of carboxylic acid groups (broad SMARTS) is 2. The fourth-order valence-electron chi connectivity index (χ4n) is 1.23. The topological polar surface area (TPSA) is 119 Å². The molecular formula is C12H23O8P. The lowest BCUT2D eigenvalue weighted by Gasteiger charge is -2.17. The maximum atomic E-state index is 12.2. The highest BCUT2D eigenvalue weighted by molar-refractivity contribution is 7.48. The van der Waals surface area contributed by atoms with Crippen LogP contribution in [0.1, 0.15) is 45.4 Å². The van der Waals surface area contributed by atoms with Crippen molar-refractivity contribution in [2.24, 2.45) is 0 Å². The Kier molecular flexibility index (Phi) is 11.2. The predicted octanol–water partition coefficient (Wildman–Crippen LogP) is 2.67. The summed E-state index contributed by atoms with van der Waals surface area (Å²) in [6.07, 6.45) is 1.70. The Bertz CT molecular complexity index is 331. The highest BCUT2D eigenvalue weighted by atomic mass is 31.2. The molecule has 0 atom stereocenters. The molecular weight excluding hydrogens is 303 g/mol. The monoisotopic (exact) mass is 326 g/mol. The zero-order valence-electron chi connectivity index (χ0n) is 12.2. The van der Waals surface area contributed by atoms with Crippen LogP contribution in [0.15, 0.2) is 0 Å². The number of carboxylic acids is 2. The second kappa shape index (κ2) is 11.7. The number of rotatable bonds is 14. The largest absolute Gasteiger partial charge is 0.481 e. The molecule has 0 saturated carbocycles. The summed E-state index contributed by atoms with van der Waals surface area (Å²) in [6.45, 7) is 2.02.